The van der Waals surface area contributed by atoms with Crippen molar-refractivity contribution in [2.75, 3.05) is 13.1 Å². The van der Waals surface area contributed by atoms with Crippen LogP contribution in [0.5, 0.6) is 0 Å². The second kappa shape index (κ2) is 5.32. The van der Waals surface area contributed by atoms with Gasteiger partial charge in [-0.1, -0.05) is 6.92 Å². The van der Waals surface area contributed by atoms with Crippen LogP contribution in [0.1, 0.15) is 32.6 Å². The highest BCUT2D eigenvalue weighted by atomic mass is 16.3. The maximum atomic E-state index is 11.7. The Kier molecular flexibility index (Phi) is 4.35. The van der Waals surface area contributed by atoms with Gasteiger partial charge in [0, 0.05) is 13.1 Å². The smallest absolute Gasteiger partial charge is 0.239 e. The predicted molar refractivity (Wildman–Crippen MR) is 54.7 cm³/mol. The summed E-state index contributed by atoms with van der Waals surface area (Å²) in [4.78, 5) is 13.5. The lowest BCUT2D eigenvalue weighted by atomic mass is 10.2. The van der Waals surface area contributed by atoms with E-state index in [9.17, 15) is 9.90 Å². The molecule has 0 aromatic carbocycles. The Bertz CT molecular complexity index is 197. The lowest BCUT2D eigenvalue weighted by molar-refractivity contribution is -0.132. The van der Waals surface area contributed by atoms with E-state index in [0.717, 1.165) is 19.4 Å². The highest BCUT2D eigenvalue weighted by Gasteiger charge is 2.22. The summed E-state index contributed by atoms with van der Waals surface area (Å²) in [5.74, 6) is 0.0293. The van der Waals surface area contributed by atoms with Crippen LogP contribution in [-0.2, 0) is 4.79 Å². The number of aliphatic hydroxyl groups is 1. The first-order valence-electron chi connectivity index (χ1n) is 5.37. The van der Waals surface area contributed by atoms with Crippen molar-refractivity contribution in [3.63, 3.8) is 0 Å². The van der Waals surface area contributed by atoms with Gasteiger partial charge in [0.1, 0.15) is 0 Å². The monoisotopic (exact) mass is 200 g/mol. The summed E-state index contributed by atoms with van der Waals surface area (Å²) in [5, 5.41) is 9.42. The average Bonchev–Trinajstić information content (AvgIpc) is 2.40. The van der Waals surface area contributed by atoms with E-state index < -0.39 is 0 Å². The minimum atomic E-state index is -0.370. The van der Waals surface area contributed by atoms with Gasteiger partial charge in [0.25, 0.3) is 0 Å². The van der Waals surface area contributed by atoms with Crippen LogP contribution < -0.4 is 5.73 Å². The number of carbonyl (C=O) groups excluding carboxylic acids is 1. The van der Waals surface area contributed by atoms with E-state index in [1.54, 1.807) is 4.90 Å². The second-order valence-corrected chi connectivity index (χ2v) is 3.92. The molecule has 1 aliphatic rings. The molecule has 4 heteroatoms. The molecule has 0 aromatic rings. The largest absolute Gasteiger partial charge is 0.393 e. The molecule has 14 heavy (non-hydrogen) atoms. The molecular weight excluding hydrogens is 180 g/mol. The number of amides is 1. The van der Waals surface area contributed by atoms with E-state index in [4.69, 9.17) is 5.73 Å². The van der Waals surface area contributed by atoms with Crippen molar-refractivity contribution in [2.45, 2.75) is 44.8 Å². The van der Waals surface area contributed by atoms with Crippen LogP contribution in [0.4, 0.5) is 0 Å². The molecule has 3 N–H and O–H groups in total. The third kappa shape index (κ3) is 2.96. The third-order valence-electron chi connectivity index (χ3n) is 2.77. The molecule has 1 rings (SSSR count). The number of hydrogen-bond acceptors (Lipinski definition) is 3. The van der Waals surface area contributed by atoms with Gasteiger partial charge in [-0.25, -0.2) is 0 Å². The fourth-order valence-corrected chi connectivity index (χ4v) is 1.71. The molecule has 4 nitrogen and oxygen atoms in total. The molecule has 0 bridgehead atoms. The zero-order chi connectivity index (χ0) is 10.6. The topological polar surface area (TPSA) is 66.6 Å². The van der Waals surface area contributed by atoms with E-state index in [-0.39, 0.29) is 18.1 Å². The van der Waals surface area contributed by atoms with Gasteiger partial charge in [0.05, 0.1) is 12.1 Å². The highest BCUT2D eigenvalue weighted by Crippen LogP contribution is 2.11. The van der Waals surface area contributed by atoms with Crippen molar-refractivity contribution < 1.29 is 9.90 Å². The van der Waals surface area contributed by atoms with Gasteiger partial charge in [-0.15, -0.1) is 0 Å². The molecule has 1 amide bonds. The molecule has 1 heterocycles. The van der Waals surface area contributed by atoms with Crippen LogP contribution in [-0.4, -0.2) is 41.1 Å². The standard InChI is InChI=1S/C10H20N2O2/c1-2-9(11)10(14)12-6-3-4-8(13)5-7-12/h8-9,13H,2-7,11H2,1H3/t8?,9-/m1/s1. The molecule has 0 radical (unpaired) electrons. The first kappa shape index (κ1) is 11.5. The quantitative estimate of drug-likeness (QED) is 0.664. The zero-order valence-corrected chi connectivity index (χ0v) is 8.78. The van der Waals surface area contributed by atoms with Gasteiger partial charge in [0.2, 0.25) is 5.91 Å². The number of rotatable bonds is 2. The molecule has 1 fully saturated rings. The number of nitrogens with zero attached hydrogens (tertiary/aromatic N) is 1. The Hall–Kier alpha value is -0.610. The third-order valence-corrected chi connectivity index (χ3v) is 2.77. The van der Waals surface area contributed by atoms with Crippen LogP contribution in [0.3, 0.4) is 0 Å². The van der Waals surface area contributed by atoms with Gasteiger partial charge in [-0.05, 0) is 25.7 Å². The van der Waals surface area contributed by atoms with Gasteiger partial charge >= 0.3 is 0 Å². The fraction of sp³-hybridized carbons (Fsp3) is 0.900. The average molecular weight is 200 g/mol. The van der Waals surface area contributed by atoms with Gasteiger partial charge < -0.3 is 15.7 Å². The summed E-state index contributed by atoms with van der Waals surface area (Å²) in [5.41, 5.74) is 5.68. The Morgan fingerprint density at radius 2 is 2.29 bits per heavy atom. The van der Waals surface area contributed by atoms with Crippen molar-refractivity contribution in [1.29, 1.82) is 0 Å². The Labute approximate surface area is 85.1 Å². The van der Waals surface area contributed by atoms with Crippen molar-refractivity contribution in [3.05, 3.63) is 0 Å². The van der Waals surface area contributed by atoms with Crippen LogP contribution in [0.15, 0.2) is 0 Å². The number of nitrogens with two attached hydrogens (primary N) is 1. The van der Waals surface area contributed by atoms with E-state index in [1.165, 1.54) is 0 Å². The van der Waals surface area contributed by atoms with E-state index in [1.807, 2.05) is 6.92 Å². The van der Waals surface area contributed by atoms with Crippen molar-refractivity contribution in [1.82, 2.24) is 4.90 Å². The number of likely N-dealkylation sites (tertiary alicyclic amines) is 1. The minimum Gasteiger partial charge on any atom is -0.393 e. The SMILES string of the molecule is CC[C@@H](N)C(=O)N1CCCC(O)CC1. The summed E-state index contributed by atoms with van der Waals surface area (Å²) in [6.45, 7) is 3.30. The van der Waals surface area contributed by atoms with E-state index >= 15 is 0 Å². The molecule has 0 spiro atoms. The lowest BCUT2D eigenvalue weighted by Crippen LogP contribution is -2.43. The Morgan fingerprint density at radius 3 is 2.93 bits per heavy atom. The molecule has 2 atom stereocenters. The van der Waals surface area contributed by atoms with Crippen molar-refractivity contribution >= 4 is 5.91 Å². The molecule has 82 valence electrons. The van der Waals surface area contributed by atoms with Crippen LogP contribution in [0, 0.1) is 0 Å². The summed E-state index contributed by atoms with van der Waals surface area (Å²) in [6, 6.07) is -0.370. The summed E-state index contributed by atoms with van der Waals surface area (Å²) < 4.78 is 0. The van der Waals surface area contributed by atoms with E-state index in [2.05, 4.69) is 0 Å². The highest BCUT2D eigenvalue weighted by molar-refractivity contribution is 5.81. The summed E-state index contributed by atoms with van der Waals surface area (Å²) >= 11 is 0. The second-order valence-electron chi connectivity index (χ2n) is 3.92. The predicted octanol–water partition coefficient (Wildman–Crippen LogP) is 0.0971. The minimum absolute atomic E-state index is 0.0293. The van der Waals surface area contributed by atoms with Gasteiger partial charge in [-0.3, -0.25) is 4.79 Å². The maximum Gasteiger partial charge on any atom is 0.239 e. The molecular formula is C10H20N2O2. The molecule has 0 aliphatic carbocycles. The number of hydrogen-bond donors (Lipinski definition) is 2. The lowest BCUT2D eigenvalue weighted by Gasteiger charge is -2.23. The Morgan fingerprint density at radius 1 is 1.57 bits per heavy atom. The first-order chi connectivity index (χ1) is 6.65. The molecule has 1 aliphatic heterocycles. The van der Waals surface area contributed by atoms with Crippen molar-refractivity contribution in [2.24, 2.45) is 5.73 Å². The molecule has 0 saturated carbocycles. The summed E-state index contributed by atoms with van der Waals surface area (Å²) in [7, 11) is 0. The molecule has 1 unspecified atom stereocenters. The molecule has 1 saturated heterocycles. The van der Waals surface area contributed by atoms with Crippen LogP contribution >= 0.6 is 0 Å². The number of aliphatic hydroxyl groups excluding tert-OH is 1. The first-order valence-corrected chi connectivity index (χ1v) is 5.37. The van der Waals surface area contributed by atoms with Crippen LogP contribution in [0.2, 0.25) is 0 Å². The van der Waals surface area contributed by atoms with Gasteiger partial charge in [-0.2, -0.15) is 0 Å². The normalized spacial score (nSPS) is 25.6. The Balaban J connectivity index is 2.47. The van der Waals surface area contributed by atoms with Crippen LogP contribution in [0.25, 0.3) is 0 Å². The van der Waals surface area contributed by atoms with Crippen molar-refractivity contribution in [3.8, 4) is 0 Å². The van der Waals surface area contributed by atoms with E-state index in [0.29, 0.717) is 19.4 Å². The number of carbonyl (C=O) groups is 1. The summed E-state index contributed by atoms with van der Waals surface area (Å²) in [6.07, 6.45) is 2.79. The fourth-order valence-electron chi connectivity index (χ4n) is 1.71. The molecule has 0 aromatic heterocycles. The maximum absolute atomic E-state index is 11.7. The van der Waals surface area contributed by atoms with Gasteiger partial charge in [0.15, 0.2) is 0 Å². The zero-order valence-electron chi connectivity index (χ0n) is 8.78.